The Morgan fingerprint density at radius 3 is 2.35 bits per heavy atom. The number of nitrogens with zero attached hydrogens (tertiary/aromatic N) is 1. The molecule has 0 saturated carbocycles. The lowest BCUT2D eigenvalue weighted by Crippen LogP contribution is -2.32. The Morgan fingerprint density at radius 2 is 1.95 bits per heavy atom. The van der Waals surface area contributed by atoms with Gasteiger partial charge >= 0.3 is 12.1 Å². The van der Waals surface area contributed by atoms with Crippen LogP contribution in [-0.4, -0.2) is 29.1 Å². The Hall–Kier alpha value is -1.82. The molecule has 0 fully saturated rings. The zero-order valence-corrected chi connectivity index (χ0v) is 11.0. The van der Waals surface area contributed by atoms with Gasteiger partial charge in [-0.2, -0.15) is 13.2 Å². The van der Waals surface area contributed by atoms with Crippen molar-refractivity contribution < 1.29 is 23.1 Å². The molecule has 0 heterocycles. The predicted molar refractivity (Wildman–Crippen MR) is 69.3 cm³/mol. The number of alkyl halides is 3. The normalized spacial score (nSPS) is 13.2. The number of carboxylic acids is 1. The number of carboxylic acid groups (broad SMARTS) is 1. The average molecular weight is 287 g/mol. The molecular weight excluding hydrogens is 271 g/mol. The molecule has 1 aromatic rings. The zero-order chi connectivity index (χ0) is 15.3. The van der Waals surface area contributed by atoms with E-state index < -0.39 is 17.7 Å². The van der Waals surface area contributed by atoms with Crippen LogP contribution in [0.3, 0.4) is 0 Å². The molecule has 0 amide bonds. The minimum absolute atomic E-state index is 0.200. The van der Waals surface area contributed by atoms with E-state index in [-0.39, 0.29) is 12.6 Å². The molecule has 0 bridgehead atoms. The molecule has 1 rings (SSSR count). The van der Waals surface area contributed by atoms with Crippen LogP contribution in [0.2, 0.25) is 0 Å². The maximum Gasteiger partial charge on any atom is 0.416 e. The molecule has 0 aliphatic heterocycles. The lowest BCUT2D eigenvalue weighted by Gasteiger charge is -2.26. The summed E-state index contributed by atoms with van der Waals surface area (Å²) in [6.07, 6.45) is -2.81. The standard InChI is InChI=1S/C14H16F3NO2/c1-3-8-18(9-13(19)20)10(2)11-4-6-12(7-5-11)14(15,16)17/h3-7,10H,1,8-9H2,2H3,(H,19,20). The molecule has 6 heteroatoms. The van der Waals surface area contributed by atoms with Crippen LogP contribution in [0.1, 0.15) is 24.1 Å². The second-order valence-corrected chi connectivity index (χ2v) is 4.41. The van der Waals surface area contributed by atoms with Gasteiger partial charge in [0.25, 0.3) is 0 Å². The van der Waals surface area contributed by atoms with Gasteiger partial charge in [-0.25, -0.2) is 0 Å². The van der Waals surface area contributed by atoms with E-state index >= 15 is 0 Å². The number of carbonyl (C=O) groups is 1. The minimum Gasteiger partial charge on any atom is -0.480 e. The van der Waals surface area contributed by atoms with Crippen LogP contribution in [0.15, 0.2) is 36.9 Å². The van der Waals surface area contributed by atoms with Gasteiger partial charge in [-0.1, -0.05) is 18.2 Å². The van der Waals surface area contributed by atoms with Crippen LogP contribution in [0.5, 0.6) is 0 Å². The van der Waals surface area contributed by atoms with E-state index in [0.717, 1.165) is 12.1 Å². The second kappa shape index (κ2) is 6.56. The maximum atomic E-state index is 12.5. The smallest absolute Gasteiger partial charge is 0.416 e. The Bertz CT molecular complexity index is 468. The Balaban J connectivity index is 2.91. The van der Waals surface area contributed by atoms with Crippen molar-refractivity contribution in [1.29, 1.82) is 0 Å². The number of rotatable bonds is 6. The van der Waals surface area contributed by atoms with Crippen molar-refractivity contribution in [2.24, 2.45) is 0 Å². The van der Waals surface area contributed by atoms with Gasteiger partial charge in [-0.05, 0) is 24.6 Å². The molecule has 1 atom stereocenters. The molecule has 1 unspecified atom stereocenters. The molecule has 0 saturated heterocycles. The molecule has 0 aliphatic rings. The van der Waals surface area contributed by atoms with Crippen molar-refractivity contribution in [3.8, 4) is 0 Å². The third-order valence-electron chi connectivity index (χ3n) is 2.97. The van der Waals surface area contributed by atoms with E-state index in [2.05, 4.69) is 6.58 Å². The van der Waals surface area contributed by atoms with Gasteiger partial charge in [-0.3, -0.25) is 9.69 Å². The number of hydrogen-bond acceptors (Lipinski definition) is 2. The first kappa shape index (κ1) is 16.2. The van der Waals surface area contributed by atoms with Crippen LogP contribution in [0.25, 0.3) is 0 Å². The monoisotopic (exact) mass is 287 g/mol. The predicted octanol–water partition coefficient (Wildman–Crippen LogP) is 3.34. The number of halogens is 3. The first-order valence-electron chi connectivity index (χ1n) is 5.99. The summed E-state index contributed by atoms with van der Waals surface area (Å²) in [6, 6.07) is 4.42. The summed E-state index contributed by atoms with van der Waals surface area (Å²) in [5.74, 6) is -0.995. The van der Waals surface area contributed by atoms with Gasteiger partial charge in [0.1, 0.15) is 0 Å². The third kappa shape index (κ3) is 4.38. The Labute approximate surface area is 115 Å². The third-order valence-corrected chi connectivity index (χ3v) is 2.97. The molecule has 20 heavy (non-hydrogen) atoms. The largest absolute Gasteiger partial charge is 0.480 e. The van der Waals surface area contributed by atoms with Crippen LogP contribution in [-0.2, 0) is 11.0 Å². The first-order valence-corrected chi connectivity index (χ1v) is 5.99. The van der Waals surface area contributed by atoms with Crippen LogP contribution in [0.4, 0.5) is 13.2 Å². The Morgan fingerprint density at radius 1 is 1.40 bits per heavy atom. The topological polar surface area (TPSA) is 40.5 Å². The molecule has 3 nitrogen and oxygen atoms in total. The average Bonchev–Trinajstić information content (AvgIpc) is 2.36. The minimum atomic E-state index is -4.37. The van der Waals surface area contributed by atoms with Crippen LogP contribution in [0, 0.1) is 0 Å². The van der Waals surface area contributed by atoms with Crippen molar-refractivity contribution in [1.82, 2.24) is 4.90 Å². The lowest BCUT2D eigenvalue weighted by molar-refractivity contribution is -0.139. The fourth-order valence-electron chi connectivity index (χ4n) is 1.86. The highest BCUT2D eigenvalue weighted by molar-refractivity contribution is 5.69. The maximum absolute atomic E-state index is 12.5. The fourth-order valence-corrected chi connectivity index (χ4v) is 1.86. The summed E-state index contributed by atoms with van der Waals surface area (Å²) in [6.45, 7) is 5.43. The summed E-state index contributed by atoms with van der Waals surface area (Å²) in [4.78, 5) is 12.4. The number of hydrogen-bond donors (Lipinski definition) is 1. The van der Waals surface area contributed by atoms with E-state index in [4.69, 9.17) is 5.11 Å². The van der Waals surface area contributed by atoms with Crippen LogP contribution < -0.4 is 0 Å². The molecule has 0 spiro atoms. The van der Waals surface area contributed by atoms with Gasteiger partial charge in [0.2, 0.25) is 0 Å². The summed E-state index contributed by atoms with van der Waals surface area (Å²) in [5, 5.41) is 8.83. The highest BCUT2D eigenvalue weighted by Gasteiger charge is 2.30. The first-order chi connectivity index (χ1) is 9.25. The van der Waals surface area contributed by atoms with Crippen molar-refractivity contribution in [2.75, 3.05) is 13.1 Å². The zero-order valence-electron chi connectivity index (χ0n) is 11.0. The summed E-state index contributed by atoms with van der Waals surface area (Å²) < 4.78 is 37.4. The van der Waals surface area contributed by atoms with Gasteiger partial charge in [-0.15, -0.1) is 6.58 Å². The molecule has 0 radical (unpaired) electrons. The van der Waals surface area contributed by atoms with Crippen molar-refractivity contribution in [3.05, 3.63) is 48.0 Å². The van der Waals surface area contributed by atoms with Crippen molar-refractivity contribution in [3.63, 3.8) is 0 Å². The van der Waals surface area contributed by atoms with E-state index in [0.29, 0.717) is 12.1 Å². The number of aliphatic carboxylic acids is 1. The van der Waals surface area contributed by atoms with Crippen molar-refractivity contribution >= 4 is 5.97 Å². The van der Waals surface area contributed by atoms with Crippen molar-refractivity contribution in [2.45, 2.75) is 19.1 Å². The second-order valence-electron chi connectivity index (χ2n) is 4.41. The summed E-state index contributed by atoms with van der Waals surface area (Å²) in [5.41, 5.74) is -0.0944. The fraction of sp³-hybridized carbons (Fsp3) is 0.357. The van der Waals surface area contributed by atoms with Crippen LogP contribution >= 0.6 is 0 Å². The molecule has 0 aromatic heterocycles. The molecule has 1 N–H and O–H groups in total. The lowest BCUT2D eigenvalue weighted by atomic mass is 10.0. The highest BCUT2D eigenvalue weighted by atomic mass is 19.4. The molecular formula is C14H16F3NO2. The highest BCUT2D eigenvalue weighted by Crippen LogP contribution is 2.30. The van der Waals surface area contributed by atoms with E-state index in [1.165, 1.54) is 12.1 Å². The molecule has 0 aliphatic carbocycles. The Kier molecular flexibility index (Phi) is 5.33. The van der Waals surface area contributed by atoms with Gasteiger partial charge in [0, 0.05) is 12.6 Å². The van der Waals surface area contributed by atoms with E-state index in [1.54, 1.807) is 17.9 Å². The summed E-state index contributed by atoms with van der Waals surface area (Å²) >= 11 is 0. The summed E-state index contributed by atoms with van der Waals surface area (Å²) in [7, 11) is 0. The molecule has 110 valence electrons. The van der Waals surface area contributed by atoms with E-state index in [1.807, 2.05) is 0 Å². The van der Waals surface area contributed by atoms with E-state index in [9.17, 15) is 18.0 Å². The van der Waals surface area contributed by atoms with Gasteiger partial charge in [0.05, 0.1) is 12.1 Å². The number of benzene rings is 1. The molecule has 1 aromatic carbocycles. The SMILES string of the molecule is C=CCN(CC(=O)O)C(C)c1ccc(C(F)(F)F)cc1. The van der Waals surface area contributed by atoms with Gasteiger partial charge in [0.15, 0.2) is 0 Å². The van der Waals surface area contributed by atoms with Gasteiger partial charge < -0.3 is 5.11 Å². The quantitative estimate of drug-likeness (QED) is 0.816.